The van der Waals surface area contributed by atoms with Crippen molar-refractivity contribution in [2.24, 2.45) is 0 Å². The Morgan fingerprint density at radius 1 is 1.14 bits per heavy atom. The lowest BCUT2D eigenvalue weighted by Gasteiger charge is -2.07. The number of carbonyl (C=O) groups is 1. The van der Waals surface area contributed by atoms with E-state index in [4.69, 9.17) is 21.4 Å². The number of benzene rings is 2. The van der Waals surface area contributed by atoms with Gasteiger partial charge in [0.25, 0.3) is 0 Å². The lowest BCUT2D eigenvalue weighted by atomic mass is 10.1. The highest BCUT2D eigenvalue weighted by Gasteiger charge is 2.16. The first kappa shape index (κ1) is 16.5. The van der Waals surface area contributed by atoms with Crippen LogP contribution in [0.15, 0.2) is 54.6 Å². The van der Waals surface area contributed by atoms with Gasteiger partial charge in [-0.15, -0.1) is 0 Å². The summed E-state index contributed by atoms with van der Waals surface area (Å²) in [7, 11) is -4.65. The fraction of sp³-hybridized carbons (Fsp3) is 0. The molecule has 0 aliphatic heterocycles. The molecule has 0 spiro atoms. The molecule has 5 nitrogen and oxygen atoms in total. The Morgan fingerprint density at radius 3 is 2.45 bits per heavy atom. The van der Waals surface area contributed by atoms with E-state index in [2.05, 4.69) is 4.52 Å². The number of phosphoric acid groups is 1. The highest BCUT2D eigenvalue weighted by atomic mass is 35.5. The number of carbonyl (C=O) groups excluding carboxylic acids is 1. The second-order valence-corrected chi connectivity index (χ2v) is 5.96. The van der Waals surface area contributed by atoms with Crippen molar-refractivity contribution in [3.05, 3.63) is 70.8 Å². The molecule has 2 aromatic carbocycles. The summed E-state index contributed by atoms with van der Waals surface area (Å²) in [6, 6.07) is 12.6. The molecule has 2 aromatic rings. The van der Waals surface area contributed by atoms with Crippen LogP contribution in [-0.2, 0) is 4.57 Å². The maximum absolute atomic E-state index is 12.0. The molecule has 0 amide bonds. The van der Waals surface area contributed by atoms with Crippen molar-refractivity contribution in [1.29, 1.82) is 0 Å². The maximum Gasteiger partial charge on any atom is 0.524 e. The van der Waals surface area contributed by atoms with Crippen molar-refractivity contribution < 1.29 is 23.7 Å². The normalized spacial score (nSPS) is 11.6. The van der Waals surface area contributed by atoms with E-state index >= 15 is 0 Å². The van der Waals surface area contributed by atoms with Crippen molar-refractivity contribution in [3.63, 3.8) is 0 Å². The molecule has 2 N–H and O–H groups in total. The number of hydrogen-bond donors (Lipinski definition) is 2. The van der Waals surface area contributed by atoms with Crippen LogP contribution in [0.25, 0.3) is 6.08 Å². The number of rotatable bonds is 5. The first-order chi connectivity index (χ1) is 10.3. The molecule has 0 aromatic heterocycles. The van der Waals surface area contributed by atoms with Gasteiger partial charge >= 0.3 is 7.82 Å². The summed E-state index contributed by atoms with van der Waals surface area (Å²) in [6.07, 6.45) is 2.98. The lowest BCUT2D eigenvalue weighted by molar-refractivity contribution is 0.104. The summed E-state index contributed by atoms with van der Waals surface area (Å²) >= 11 is 5.77. The Labute approximate surface area is 132 Å². The summed E-state index contributed by atoms with van der Waals surface area (Å²) in [5, 5.41) is 0.603. The number of halogens is 1. The SMILES string of the molecule is O=C(C=Cc1ccc(Cl)cc1)c1cccc(OP(=O)(O)O)c1. The Bertz CT molecular complexity index is 749. The zero-order valence-corrected chi connectivity index (χ0v) is 12.9. The predicted octanol–water partition coefficient (Wildman–Crippen LogP) is 3.71. The first-order valence-corrected chi connectivity index (χ1v) is 8.07. The molecule has 0 saturated heterocycles. The second-order valence-electron chi connectivity index (χ2n) is 4.36. The van der Waals surface area contributed by atoms with E-state index in [0.717, 1.165) is 5.56 Å². The Hall–Kier alpha value is -1.91. The number of ketones is 1. The molecule has 0 aliphatic carbocycles. The largest absolute Gasteiger partial charge is 0.524 e. The first-order valence-electron chi connectivity index (χ1n) is 6.17. The molecular weight excluding hydrogens is 327 g/mol. The quantitative estimate of drug-likeness (QED) is 0.493. The summed E-state index contributed by atoms with van der Waals surface area (Å²) in [6.45, 7) is 0. The van der Waals surface area contributed by atoms with Gasteiger partial charge in [0, 0.05) is 10.6 Å². The standard InChI is InChI=1S/C15H12ClO5P/c16-13-7-4-11(5-8-13)6-9-15(17)12-2-1-3-14(10-12)21-22(18,19)20/h1-10H,(H2,18,19,20). The van der Waals surface area contributed by atoms with E-state index in [1.54, 1.807) is 30.3 Å². The smallest absolute Gasteiger partial charge is 0.404 e. The molecule has 0 aliphatic rings. The van der Waals surface area contributed by atoms with Crippen LogP contribution in [0.3, 0.4) is 0 Å². The van der Waals surface area contributed by atoms with E-state index in [-0.39, 0.29) is 17.1 Å². The molecular formula is C15H12ClO5P. The van der Waals surface area contributed by atoms with Crippen LogP contribution in [0.5, 0.6) is 5.75 Å². The fourth-order valence-electron chi connectivity index (χ4n) is 1.69. The molecule has 114 valence electrons. The minimum atomic E-state index is -4.65. The van der Waals surface area contributed by atoms with Crippen molar-refractivity contribution in [2.45, 2.75) is 0 Å². The number of hydrogen-bond acceptors (Lipinski definition) is 3. The second kappa shape index (κ2) is 6.90. The summed E-state index contributed by atoms with van der Waals surface area (Å²) < 4.78 is 15.2. The Kier molecular flexibility index (Phi) is 5.16. The summed E-state index contributed by atoms with van der Waals surface area (Å²) in [4.78, 5) is 29.5. The molecule has 0 fully saturated rings. The van der Waals surface area contributed by atoms with E-state index in [9.17, 15) is 9.36 Å². The van der Waals surface area contributed by atoms with Gasteiger partial charge < -0.3 is 4.52 Å². The van der Waals surface area contributed by atoms with Crippen LogP contribution in [0.2, 0.25) is 5.02 Å². The maximum atomic E-state index is 12.0. The van der Waals surface area contributed by atoms with Gasteiger partial charge in [0.15, 0.2) is 5.78 Å². The third-order valence-electron chi connectivity index (χ3n) is 2.64. The molecule has 0 radical (unpaired) electrons. The topological polar surface area (TPSA) is 83.8 Å². The van der Waals surface area contributed by atoms with Gasteiger partial charge in [0.2, 0.25) is 0 Å². The van der Waals surface area contributed by atoms with E-state index < -0.39 is 7.82 Å². The van der Waals surface area contributed by atoms with Crippen LogP contribution in [0.4, 0.5) is 0 Å². The molecule has 0 atom stereocenters. The highest BCUT2D eigenvalue weighted by Crippen LogP contribution is 2.37. The number of allylic oxidation sites excluding steroid dienone is 1. The summed E-state index contributed by atoms with van der Waals surface area (Å²) in [5.74, 6) is -0.384. The average molecular weight is 339 g/mol. The van der Waals surface area contributed by atoms with E-state index in [1.807, 2.05) is 0 Å². The van der Waals surface area contributed by atoms with Gasteiger partial charge in [-0.25, -0.2) is 4.57 Å². The van der Waals surface area contributed by atoms with Crippen LogP contribution < -0.4 is 4.52 Å². The third-order valence-corrected chi connectivity index (χ3v) is 3.34. The van der Waals surface area contributed by atoms with Crippen molar-refractivity contribution in [1.82, 2.24) is 0 Å². The molecule has 0 bridgehead atoms. The van der Waals surface area contributed by atoms with Gasteiger partial charge in [0.1, 0.15) is 5.75 Å². The molecule has 0 heterocycles. The van der Waals surface area contributed by atoms with E-state index in [0.29, 0.717) is 5.02 Å². The third kappa shape index (κ3) is 5.13. The molecule has 0 saturated carbocycles. The number of phosphoric ester groups is 1. The summed E-state index contributed by atoms with van der Waals surface area (Å²) in [5.41, 5.74) is 1.07. The zero-order valence-electron chi connectivity index (χ0n) is 11.2. The Morgan fingerprint density at radius 2 is 1.82 bits per heavy atom. The minimum Gasteiger partial charge on any atom is -0.404 e. The molecule has 0 unspecified atom stereocenters. The minimum absolute atomic E-state index is 0.0703. The Balaban J connectivity index is 2.14. The van der Waals surface area contributed by atoms with Crippen molar-refractivity contribution in [3.8, 4) is 5.75 Å². The molecule has 2 rings (SSSR count). The van der Waals surface area contributed by atoms with Crippen LogP contribution in [0.1, 0.15) is 15.9 Å². The predicted molar refractivity (Wildman–Crippen MR) is 83.9 cm³/mol. The molecule has 7 heteroatoms. The van der Waals surface area contributed by atoms with Gasteiger partial charge in [-0.05, 0) is 35.9 Å². The van der Waals surface area contributed by atoms with Crippen molar-refractivity contribution in [2.75, 3.05) is 0 Å². The van der Waals surface area contributed by atoms with Gasteiger partial charge in [-0.2, -0.15) is 0 Å². The van der Waals surface area contributed by atoms with Gasteiger partial charge in [0.05, 0.1) is 0 Å². The fourth-order valence-corrected chi connectivity index (χ4v) is 2.20. The molecule has 22 heavy (non-hydrogen) atoms. The van der Waals surface area contributed by atoms with Crippen LogP contribution >= 0.6 is 19.4 Å². The lowest BCUT2D eigenvalue weighted by Crippen LogP contribution is -1.96. The average Bonchev–Trinajstić information content (AvgIpc) is 2.45. The van der Waals surface area contributed by atoms with Gasteiger partial charge in [-0.1, -0.05) is 41.9 Å². The highest BCUT2D eigenvalue weighted by molar-refractivity contribution is 7.46. The van der Waals surface area contributed by atoms with Crippen molar-refractivity contribution >= 4 is 31.3 Å². The van der Waals surface area contributed by atoms with Gasteiger partial charge in [-0.3, -0.25) is 14.6 Å². The van der Waals surface area contributed by atoms with E-state index in [1.165, 1.54) is 30.3 Å². The van der Waals surface area contributed by atoms with Crippen LogP contribution in [-0.4, -0.2) is 15.6 Å². The zero-order chi connectivity index (χ0) is 16.2. The monoisotopic (exact) mass is 338 g/mol. The van der Waals surface area contributed by atoms with Crippen LogP contribution in [0, 0.1) is 0 Å².